The van der Waals surface area contributed by atoms with Crippen molar-refractivity contribution in [3.63, 3.8) is 0 Å². The highest BCUT2D eigenvalue weighted by Crippen LogP contribution is 2.30. The number of carbonyl (C=O) groups excluding carboxylic acids is 2. The molecule has 4 nitrogen and oxygen atoms in total. The van der Waals surface area contributed by atoms with E-state index in [2.05, 4.69) is 23.4 Å². The Kier molecular flexibility index (Phi) is 8.63. The molecule has 0 aliphatic heterocycles. The predicted molar refractivity (Wildman–Crippen MR) is 104 cm³/mol. The van der Waals surface area contributed by atoms with Crippen LogP contribution in [0.5, 0.6) is 0 Å². The van der Waals surface area contributed by atoms with Crippen LogP contribution in [0, 0.1) is 0 Å². The van der Waals surface area contributed by atoms with Crippen LogP contribution in [0.4, 0.5) is 0 Å². The summed E-state index contributed by atoms with van der Waals surface area (Å²) in [6.45, 7) is 6.55. The summed E-state index contributed by atoms with van der Waals surface area (Å²) in [6, 6.07) is 5.21. The Labute approximate surface area is 160 Å². The molecule has 0 atom stereocenters. The molecule has 0 bridgehead atoms. The van der Waals surface area contributed by atoms with Gasteiger partial charge in [0.25, 0.3) is 0 Å². The van der Waals surface area contributed by atoms with Crippen molar-refractivity contribution in [2.24, 2.45) is 0 Å². The van der Waals surface area contributed by atoms with E-state index in [1.165, 1.54) is 0 Å². The molecule has 0 heterocycles. The summed E-state index contributed by atoms with van der Waals surface area (Å²) in [7, 11) is 4.00. The van der Waals surface area contributed by atoms with Gasteiger partial charge in [-0.05, 0) is 44.6 Å². The van der Waals surface area contributed by atoms with Crippen LogP contribution in [0.3, 0.4) is 0 Å². The van der Waals surface area contributed by atoms with Gasteiger partial charge in [-0.1, -0.05) is 29.3 Å². The number of amides is 1. The molecule has 1 aliphatic carbocycles. The van der Waals surface area contributed by atoms with Gasteiger partial charge in [-0.3, -0.25) is 9.59 Å². The van der Waals surface area contributed by atoms with E-state index in [4.69, 9.17) is 23.2 Å². The number of ketones is 1. The monoisotopic (exact) mass is 384 g/mol. The maximum atomic E-state index is 12.2. The number of rotatable bonds is 5. The Morgan fingerprint density at radius 1 is 1.20 bits per heavy atom. The Hall–Kier alpha value is -1.36. The summed E-state index contributed by atoms with van der Waals surface area (Å²) in [5.74, 6) is 0.256. The van der Waals surface area contributed by atoms with Gasteiger partial charge in [0.05, 0.1) is 16.5 Å². The Bertz CT molecular complexity index is 607. The van der Waals surface area contributed by atoms with Crippen LogP contribution in [0.1, 0.15) is 31.2 Å². The van der Waals surface area contributed by atoms with E-state index in [1.807, 2.05) is 14.1 Å². The van der Waals surface area contributed by atoms with Gasteiger partial charge in [0, 0.05) is 24.9 Å². The summed E-state index contributed by atoms with van der Waals surface area (Å²) >= 11 is 11.9. The average molecular weight is 385 g/mol. The SMILES string of the molecule is C=C.CN(C)C1(CNC(=O)Cc2ccc(Cl)c(Cl)c2)CCC(=O)CC1. The molecule has 0 saturated heterocycles. The van der Waals surface area contributed by atoms with Crippen molar-refractivity contribution in [3.05, 3.63) is 47.0 Å². The van der Waals surface area contributed by atoms with Crippen LogP contribution in [0.25, 0.3) is 0 Å². The molecule has 2 rings (SSSR count). The van der Waals surface area contributed by atoms with E-state index in [0.29, 0.717) is 35.2 Å². The number of nitrogens with zero attached hydrogens (tertiary/aromatic N) is 1. The number of hydrogen-bond acceptors (Lipinski definition) is 3. The van der Waals surface area contributed by atoms with Crippen LogP contribution in [0.15, 0.2) is 31.4 Å². The van der Waals surface area contributed by atoms with Crippen molar-refractivity contribution in [2.75, 3.05) is 20.6 Å². The van der Waals surface area contributed by atoms with Crippen LogP contribution in [-0.2, 0) is 16.0 Å². The van der Waals surface area contributed by atoms with Gasteiger partial charge in [0.1, 0.15) is 5.78 Å². The first-order valence-corrected chi connectivity index (χ1v) is 8.98. The van der Waals surface area contributed by atoms with Crippen LogP contribution in [-0.4, -0.2) is 42.8 Å². The minimum Gasteiger partial charge on any atom is -0.354 e. The highest BCUT2D eigenvalue weighted by Gasteiger charge is 2.36. The Balaban J connectivity index is 0.00000151. The zero-order chi connectivity index (χ0) is 19.0. The van der Waals surface area contributed by atoms with Crippen molar-refractivity contribution in [1.29, 1.82) is 0 Å². The van der Waals surface area contributed by atoms with Crippen molar-refractivity contribution in [1.82, 2.24) is 10.2 Å². The second-order valence-corrected chi connectivity index (χ2v) is 7.17. The molecule has 0 spiro atoms. The molecule has 1 aromatic rings. The third-order valence-electron chi connectivity index (χ3n) is 4.65. The number of nitrogens with one attached hydrogen (secondary N) is 1. The van der Waals surface area contributed by atoms with Crippen molar-refractivity contribution in [2.45, 2.75) is 37.6 Å². The molecule has 1 amide bonds. The fraction of sp³-hybridized carbons (Fsp3) is 0.474. The van der Waals surface area contributed by atoms with Crippen LogP contribution in [0.2, 0.25) is 10.0 Å². The lowest BCUT2D eigenvalue weighted by molar-refractivity contribution is -0.123. The maximum absolute atomic E-state index is 12.2. The molecule has 1 fully saturated rings. The minimum atomic E-state index is -0.138. The van der Waals surface area contributed by atoms with E-state index in [0.717, 1.165) is 18.4 Å². The zero-order valence-electron chi connectivity index (χ0n) is 14.9. The van der Waals surface area contributed by atoms with E-state index < -0.39 is 0 Å². The van der Waals surface area contributed by atoms with Gasteiger partial charge >= 0.3 is 0 Å². The summed E-state index contributed by atoms with van der Waals surface area (Å²) < 4.78 is 0. The number of benzene rings is 1. The first-order chi connectivity index (χ1) is 11.8. The van der Waals surface area contributed by atoms with Crippen LogP contribution >= 0.6 is 23.2 Å². The normalized spacial score (nSPS) is 16.1. The largest absolute Gasteiger partial charge is 0.354 e. The molecule has 6 heteroatoms. The number of hydrogen-bond donors (Lipinski definition) is 1. The molecular weight excluding hydrogens is 359 g/mol. The smallest absolute Gasteiger partial charge is 0.224 e. The van der Waals surface area contributed by atoms with Gasteiger partial charge in [0.15, 0.2) is 0 Å². The van der Waals surface area contributed by atoms with E-state index in [1.54, 1.807) is 18.2 Å². The fourth-order valence-electron chi connectivity index (χ4n) is 2.94. The Morgan fingerprint density at radius 3 is 2.32 bits per heavy atom. The Morgan fingerprint density at radius 2 is 1.80 bits per heavy atom. The summed E-state index contributed by atoms with van der Waals surface area (Å²) in [4.78, 5) is 25.8. The minimum absolute atomic E-state index is 0.0542. The molecule has 0 aromatic heterocycles. The van der Waals surface area contributed by atoms with Crippen molar-refractivity contribution >= 4 is 34.9 Å². The van der Waals surface area contributed by atoms with E-state index >= 15 is 0 Å². The average Bonchev–Trinajstić information content (AvgIpc) is 2.59. The van der Waals surface area contributed by atoms with E-state index in [9.17, 15) is 9.59 Å². The molecular formula is C19H26Cl2N2O2. The zero-order valence-corrected chi connectivity index (χ0v) is 16.4. The van der Waals surface area contributed by atoms with Crippen LogP contribution < -0.4 is 5.32 Å². The van der Waals surface area contributed by atoms with Gasteiger partial charge in [-0.2, -0.15) is 0 Å². The lowest BCUT2D eigenvalue weighted by atomic mass is 9.80. The number of carbonyl (C=O) groups is 2. The van der Waals surface area contributed by atoms with Gasteiger partial charge in [-0.25, -0.2) is 0 Å². The molecule has 0 radical (unpaired) electrons. The molecule has 138 valence electrons. The standard InChI is InChI=1S/C17H22Cl2N2O2.C2H4/c1-21(2)17(7-5-13(22)6-8-17)11-20-16(23)10-12-3-4-14(18)15(19)9-12;1-2/h3-4,9H,5-8,10-11H2,1-2H3,(H,20,23);1-2H2. The highest BCUT2D eigenvalue weighted by atomic mass is 35.5. The second kappa shape index (κ2) is 9.95. The maximum Gasteiger partial charge on any atom is 0.224 e. The summed E-state index contributed by atoms with van der Waals surface area (Å²) in [6.07, 6.45) is 3.00. The molecule has 0 unspecified atom stereocenters. The van der Waals surface area contributed by atoms with Crippen molar-refractivity contribution < 1.29 is 9.59 Å². The summed E-state index contributed by atoms with van der Waals surface area (Å²) in [5.41, 5.74) is 0.691. The number of halogens is 2. The summed E-state index contributed by atoms with van der Waals surface area (Å²) in [5, 5.41) is 3.94. The number of likely N-dealkylation sites (N-methyl/N-ethyl adjacent to an activating group) is 1. The molecule has 25 heavy (non-hydrogen) atoms. The lowest BCUT2D eigenvalue weighted by Gasteiger charge is -2.42. The molecule has 1 aromatic carbocycles. The highest BCUT2D eigenvalue weighted by molar-refractivity contribution is 6.42. The molecule has 1 aliphatic rings. The number of Topliss-reactive ketones (excluding diaryl/α,β-unsaturated/α-hetero) is 1. The third kappa shape index (κ3) is 6.14. The molecule has 1 N–H and O–H groups in total. The quantitative estimate of drug-likeness (QED) is 0.783. The molecule has 1 saturated carbocycles. The second-order valence-electron chi connectivity index (χ2n) is 6.36. The van der Waals surface area contributed by atoms with E-state index in [-0.39, 0.29) is 17.9 Å². The topological polar surface area (TPSA) is 49.4 Å². The fourth-order valence-corrected chi connectivity index (χ4v) is 3.26. The van der Waals surface area contributed by atoms with Gasteiger partial charge in [0.2, 0.25) is 5.91 Å². The first-order valence-electron chi connectivity index (χ1n) is 8.22. The van der Waals surface area contributed by atoms with Gasteiger partial charge in [-0.15, -0.1) is 13.2 Å². The predicted octanol–water partition coefficient (Wildman–Crippen LogP) is 3.90. The third-order valence-corrected chi connectivity index (χ3v) is 5.39. The first kappa shape index (κ1) is 21.7. The van der Waals surface area contributed by atoms with Crippen molar-refractivity contribution in [3.8, 4) is 0 Å². The lowest BCUT2D eigenvalue weighted by Crippen LogP contribution is -2.54. The van der Waals surface area contributed by atoms with Gasteiger partial charge < -0.3 is 10.2 Å².